The molecule has 0 aliphatic rings. The molecule has 0 rings (SSSR count). The summed E-state index contributed by atoms with van der Waals surface area (Å²) < 4.78 is 6.29. The van der Waals surface area contributed by atoms with Crippen LogP contribution in [0.5, 0.6) is 0 Å². The van der Waals surface area contributed by atoms with Crippen molar-refractivity contribution in [2.24, 2.45) is 0 Å². The number of rotatable bonds is 10. The topological polar surface area (TPSA) is 29.5 Å². The average molecular weight is 309 g/mol. The van der Waals surface area contributed by atoms with E-state index in [4.69, 9.17) is 4.74 Å². The average Bonchev–Trinajstić information content (AvgIpc) is 2.38. The van der Waals surface area contributed by atoms with Crippen LogP contribution in [0.1, 0.15) is 46.5 Å². The van der Waals surface area contributed by atoms with Crippen LogP contribution in [0, 0.1) is 0 Å². The SMILES string of the molecule is CCCCN(CCCC)C(=O)OCC[N+](C)(C)CC.[Cl-]. The Morgan fingerprint density at radius 2 is 1.55 bits per heavy atom. The lowest BCUT2D eigenvalue weighted by Gasteiger charge is -2.28. The molecule has 4 nitrogen and oxygen atoms in total. The molecular formula is C15H33ClN2O2. The number of carbonyl (C=O) groups excluding carboxylic acids is 1. The number of amides is 1. The summed E-state index contributed by atoms with van der Waals surface area (Å²) in [6, 6.07) is 0. The van der Waals surface area contributed by atoms with Gasteiger partial charge in [-0.2, -0.15) is 0 Å². The summed E-state index contributed by atoms with van der Waals surface area (Å²) in [5.74, 6) is 0. The van der Waals surface area contributed by atoms with Crippen molar-refractivity contribution in [3.8, 4) is 0 Å². The molecule has 0 saturated carbocycles. The Balaban J connectivity index is 0. The third kappa shape index (κ3) is 10.3. The molecule has 0 aromatic heterocycles. The Labute approximate surface area is 131 Å². The molecule has 0 aromatic carbocycles. The van der Waals surface area contributed by atoms with Crippen LogP contribution < -0.4 is 12.4 Å². The highest BCUT2D eigenvalue weighted by molar-refractivity contribution is 5.67. The monoisotopic (exact) mass is 308 g/mol. The van der Waals surface area contributed by atoms with E-state index in [1.807, 2.05) is 4.90 Å². The first-order valence-corrected chi connectivity index (χ1v) is 7.70. The third-order valence-electron chi connectivity index (χ3n) is 3.60. The summed E-state index contributed by atoms with van der Waals surface area (Å²) in [5.41, 5.74) is 0. The second-order valence-electron chi connectivity index (χ2n) is 5.78. The molecule has 0 bridgehead atoms. The predicted molar refractivity (Wildman–Crippen MR) is 80.3 cm³/mol. The number of ether oxygens (including phenoxy) is 1. The van der Waals surface area contributed by atoms with Crippen LogP contribution in [-0.4, -0.2) is 62.4 Å². The fourth-order valence-corrected chi connectivity index (χ4v) is 1.62. The minimum atomic E-state index is -0.141. The van der Waals surface area contributed by atoms with Gasteiger partial charge in [0.05, 0.1) is 20.6 Å². The number of halogens is 1. The summed E-state index contributed by atoms with van der Waals surface area (Å²) in [7, 11) is 4.31. The van der Waals surface area contributed by atoms with Crippen molar-refractivity contribution in [3.63, 3.8) is 0 Å². The molecule has 0 aliphatic carbocycles. The van der Waals surface area contributed by atoms with Gasteiger partial charge in [0.15, 0.2) is 0 Å². The van der Waals surface area contributed by atoms with Crippen molar-refractivity contribution >= 4 is 6.09 Å². The third-order valence-corrected chi connectivity index (χ3v) is 3.60. The summed E-state index contributed by atoms with van der Waals surface area (Å²) >= 11 is 0. The second kappa shape index (κ2) is 12.3. The molecule has 0 aliphatic heterocycles. The van der Waals surface area contributed by atoms with E-state index in [2.05, 4.69) is 34.9 Å². The zero-order valence-electron chi connectivity index (χ0n) is 14.0. The normalized spacial score (nSPS) is 10.8. The first-order valence-electron chi connectivity index (χ1n) is 7.70. The zero-order chi connectivity index (χ0) is 14.7. The van der Waals surface area contributed by atoms with Crippen LogP contribution in [-0.2, 0) is 4.74 Å². The predicted octanol–water partition coefficient (Wildman–Crippen LogP) is 0.126. The number of likely N-dealkylation sites (N-methyl/N-ethyl adjacent to an activating group) is 1. The maximum atomic E-state index is 12.0. The molecule has 0 fully saturated rings. The lowest BCUT2D eigenvalue weighted by molar-refractivity contribution is -0.888. The van der Waals surface area contributed by atoms with Gasteiger partial charge in [0.2, 0.25) is 0 Å². The van der Waals surface area contributed by atoms with Crippen LogP contribution in [0.4, 0.5) is 4.79 Å². The lowest BCUT2D eigenvalue weighted by atomic mass is 10.3. The highest BCUT2D eigenvalue weighted by Crippen LogP contribution is 2.03. The van der Waals surface area contributed by atoms with Gasteiger partial charge in [-0.15, -0.1) is 0 Å². The number of nitrogens with zero attached hydrogens (tertiary/aromatic N) is 2. The van der Waals surface area contributed by atoms with Gasteiger partial charge >= 0.3 is 6.09 Å². The highest BCUT2D eigenvalue weighted by atomic mass is 35.5. The first-order chi connectivity index (χ1) is 8.96. The molecule has 0 atom stereocenters. The van der Waals surface area contributed by atoms with E-state index in [-0.39, 0.29) is 18.5 Å². The number of hydrogen-bond acceptors (Lipinski definition) is 2. The van der Waals surface area contributed by atoms with Crippen molar-refractivity contribution in [3.05, 3.63) is 0 Å². The minimum Gasteiger partial charge on any atom is -1.00 e. The van der Waals surface area contributed by atoms with Crippen LogP contribution in [0.3, 0.4) is 0 Å². The van der Waals surface area contributed by atoms with E-state index >= 15 is 0 Å². The molecule has 0 aromatic rings. The first kappa shape index (κ1) is 21.8. The molecule has 0 saturated heterocycles. The van der Waals surface area contributed by atoms with Gasteiger partial charge in [0, 0.05) is 13.1 Å². The van der Waals surface area contributed by atoms with E-state index in [0.29, 0.717) is 6.61 Å². The van der Waals surface area contributed by atoms with Gasteiger partial charge < -0.3 is 26.5 Å². The van der Waals surface area contributed by atoms with Crippen LogP contribution in [0.2, 0.25) is 0 Å². The summed E-state index contributed by atoms with van der Waals surface area (Å²) in [4.78, 5) is 13.9. The van der Waals surface area contributed by atoms with Crippen LogP contribution >= 0.6 is 0 Å². The van der Waals surface area contributed by atoms with Gasteiger partial charge in [-0.1, -0.05) is 26.7 Å². The van der Waals surface area contributed by atoms with E-state index < -0.39 is 0 Å². The van der Waals surface area contributed by atoms with Gasteiger partial charge in [0.1, 0.15) is 13.2 Å². The quantitative estimate of drug-likeness (QED) is 0.537. The highest BCUT2D eigenvalue weighted by Gasteiger charge is 2.16. The molecule has 0 spiro atoms. The Morgan fingerprint density at radius 3 is 1.95 bits per heavy atom. The molecule has 5 heteroatoms. The zero-order valence-corrected chi connectivity index (χ0v) is 14.7. The molecule has 0 radical (unpaired) electrons. The Kier molecular flexibility index (Phi) is 13.4. The van der Waals surface area contributed by atoms with Crippen molar-refractivity contribution in [2.45, 2.75) is 46.5 Å². The maximum absolute atomic E-state index is 12.0. The smallest absolute Gasteiger partial charge is 0.409 e. The van der Waals surface area contributed by atoms with Gasteiger partial charge in [-0.05, 0) is 19.8 Å². The lowest BCUT2D eigenvalue weighted by Crippen LogP contribution is -3.00. The molecule has 0 unspecified atom stereocenters. The van der Waals surface area contributed by atoms with Crippen molar-refractivity contribution < 1.29 is 26.4 Å². The number of quaternary nitrogens is 1. The van der Waals surface area contributed by atoms with Gasteiger partial charge in [-0.25, -0.2) is 4.79 Å². The number of unbranched alkanes of at least 4 members (excludes halogenated alkanes) is 2. The van der Waals surface area contributed by atoms with E-state index in [1.54, 1.807) is 0 Å². The molecule has 20 heavy (non-hydrogen) atoms. The number of hydrogen-bond donors (Lipinski definition) is 0. The van der Waals surface area contributed by atoms with E-state index in [0.717, 1.165) is 56.3 Å². The van der Waals surface area contributed by atoms with Crippen LogP contribution in [0.15, 0.2) is 0 Å². The largest absolute Gasteiger partial charge is 1.00 e. The minimum absolute atomic E-state index is 0. The summed E-state index contributed by atoms with van der Waals surface area (Å²) in [5, 5.41) is 0. The molecule has 0 heterocycles. The van der Waals surface area contributed by atoms with Crippen molar-refractivity contribution in [1.29, 1.82) is 0 Å². The molecule has 122 valence electrons. The van der Waals surface area contributed by atoms with Gasteiger partial charge in [-0.3, -0.25) is 0 Å². The summed E-state index contributed by atoms with van der Waals surface area (Å²) in [6.07, 6.45) is 4.17. The van der Waals surface area contributed by atoms with Gasteiger partial charge in [0.25, 0.3) is 0 Å². The second-order valence-corrected chi connectivity index (χ2v) is 5.78. The Hall–Kier alpha value is -0.480. The standard InChI is InChI=1S/C15H33N2O2.ClH/c1-6-9-11-16(12-10-7-2)15(18)19-14-13-17(4,5)8-3;/h6-14H2,1-5H3;1H/q+1;/p-1. The molecular weight excluding hydrogens is 276 g/mol. The fraction of sp³-hybridized carbons (Fsp3) is 0.933. The molecule has 0 N–H and O–H groups in total. The van der Waals surface area contributed by atoms with E-state index in [1.165, 1.54) is 0 Å². The van der Waals surface area contributed by atoms with Crippen LogP contribution in [0.25, 0.3) is 0 Å². The number of carbonyl (C=O) groups is 1. The maximum Gasteiger partial charge on any atom is 0.409 e. The Morgan fingerprint density at radius 1 is 1.05 bits per heavy atom. The van der Waals surface area contributed by atoms with E-state index in [9.17, 15) is 4.79 Å². The Bertz CT molecular complexity index is 240. The molecule has 1 amide bonds. The fourth-order valence-electron chi connectivity index (χ4n) is 1.62. The van der Waals surface area contributed by atoms with Crippen molar-refractivity contribution in [1.82, 2.24) is 4.90 Å². The summed E-state index contributed by atoms with van der Waals surface area (Å²) in [6.45, 7) is 10.5. The van der Waals surface area contributed by atoms with Crippen molar-refractivity contribution in [2.75, 3.05) is 46.9 Å².